The highest BCUT2D eigenvalue weighted by molar-refractivity contribution is 7.13. The molecule has 0 spiro atoms. The van der Waals surface area contributed by atoms with E-state index in [-0.39, 0.29) is 16.7 Å². The van der Waals surface area contributed by atoms with E-state index in [1.54, 1.807) is 25.4 Å². The SMILES string of the molecule is CNC(=O)c1ccc(CN(Cc2ccco2)Cc2nnc(C(=O)Nc3ccc(F)cc3)s2)cc1. The average Bonchev–Trinajstić information content (AvgIpc) is 3.53. The molecule has 34 heavy (non-hydrogen) atoms. The Morgan fingerprint density at radius 3 is 2.41 bits per heavy atom. The second-order valence-corrected chi connectivity index (χ2v) is 8.52. The van der Waals surface area contributed by atoms with Crippen LogP contribution >= 0.6 is 11.3 Å². The molecular weight excluding hydrogens is 457 g/mol. The first kappa shape index (κ1) is 23.3. The van der Waals surface area contributed by atoms with E-state index in [1.807, 2.05) is 24.3 Å². The van der Waals surface area contributed by atoms with Gasteiger partial charge in [0.2, 0.25) is 5.01 Å². The minimum atomic E-state index is -0.405. The highest BCUT2D eigenvalue weighted by Crippen LogP contribution is 2.19. The zero-order valence-corrected chi connectivity index (χ0v) is 19.1. The number of nitrogens with one attached hydrogen (secondary N) is 2. The summed E-state index contributed by atoms with van der Waals surface area (Å²) in [5.41, 5.74) is 2.07. The summed E-state index contributed by atoms with van der Waals surface area (Å²) in [5.74, 6) is -0.131. The third kappa shape index (κ3) is 6.12. The molecule has 0 unspecified atom stereocenters. The molecule has 0 bridgehead atoms. The van der Waals surface area contributed by atoms with Gasteiger partial charge >= 0.3 is 0 Å². The second kappa shape index (κ2) is 10.8. The highest BCUT2D eigenvalue weighted by atomic mass is 32.1. The van der Waals surface area contributed by atoms with Crippen molar-refractivity contribution in [2.24, 2.45) is 0 Å². The number of hydrogen-bond donors (Lipinski definition) is 2. The van der Waals surface area contributed by atoms with Crippen LogP contribution in [0, 0.1) is 5.82 Å². The number of nitrogens with zero attached hydrogens (tertiary/aromatic N) is 3. The van der Waals surface area contributed by atoms with E-state index in [1.165, 1.54) is 35.6 Å². The van der Waals surface area contributed by atoms with Gasteiger partial charge in [-0.15, -0.1) is 10.2 Å². The summed E-state index contributed by atoms with van der Waals surface area (Å²) in [5, 5.41) is 14.4. The van der Waals surface area contributed by atoms with Crippen molar-refractivity contribution in [1.29, 1.82) is 0 Å². The van der Waals surface area contributed by atoms with Crippen molar-refractivity contribution < 1.29 is 18.4 Å². The van der Waals surface area contributed by atoms with Gasteiger partial charge in [-0.25, -0.2) is 4.39 Å². The van der Waals surface area contributed by atoms with Crippen molar-refractivity contribution in [3.8, 4) is 0 Å². The average molecular weight is 480 g/mol. The standard InChI is InChI=1S/C24H22FN5O3S/c1-26-22(31)17-6-4-16(5-7-17)13-30(14-20-3-2-12-33-20)15-21-28-29-24(34-21)23(32)27-19-10-8-18(25)9-11-19/h2-12H,13-15H2,1H3,(H,26,31)(H,27,32). The molecule has 0 radical (unpaired) electrons. The first-order chi connectivity index (χ1) is 16.5. The van der Waals surface area contributed by atoms with Crippen LogP contribution in [0.1, 0.15) is 36.5 Å². The van der Waals surface area contributed by atoms with Crippen molar-refractivity contribution >= 4 is 28.8 Å². The van der Waals surface area contributed by atoms with Crippen molar-refractivity contribution in [3.05, 3.63) is 99.6 Å². The number of benzene rings is 2. The lowest BCUT2D eigenvalue weighted by atomic mass is 10.1. The summed E-state index contributed by atoms with van der Waals surface area (Å²) in [6, 6.07) is 16.6. The van der Waals surface area contributed by atoms with E-state index in [0.717, 1.165) is 11.3 Å². The Morgan fingerprint density at radius 1 is 0.971 bits per heavy atom. The van der Waals surface area contributed by atoms with E-state index in [4.69, 9.17) is 4.42 Å². The van der Waals surface area contributed by atoms with Crippen LogP contribution in [-0.4, -0.2) is 34.0 Å². The Labute approximate surface area is 199 Å². The number of aromatic nitrogens is 2. The van der Waals surface area contributed by atoms with E-state index in [0.29, 0.717) is 35.9 Å². The highest BCUT2D eigenvalue weighted by Gasteiger charge is 2.17. The van der Waals surface area contributed by atoms with Crippen LogP contribution < -0.4 is 10.6 Å². The van der Waals surface area contributed by atoms with Crippen molar-refractivity contribution in [1.82, 2.24) is 20.4 Å². The van der Waals surface area contributed by atoms with E-state index in [2.05, 4.69) is 25.7 Å². The predicted molar refractivity (Wildman–Crippen MR) is 126 cm³/mol. The van der Waals surface area contributed by atoms with Gasteiger partial charge in [-0.2, -0.15) is 0 Å². The molecule has 0 aliphatic rings. The molecule has 4 aromatic rings. The van der Waals surface area contributed by atoms with E-state index in [9.17, 15) is 14.0 Å². The predicted octanol–water partition coefficient (Wildman–Crippen LogP) is 4.08. The van der Waals surface area contributed by atoms with Crippen LogP contribution in [0.4, 0.5) is 10.1 Å². The number of hydrogen-bond acceptors (Lipinski definition) is 7. The Balaban J connectivity index is 1.45. The van der Waals surface area contributed by atoms with Gasteiger partial charge in [-0.3, -0.25) is 14.5 Å². The monoisotopic (exact) mass is 479 g/mol. The molecule has 0 aliphatic heterocycles. The molecule has 2 aromatic carbocycles. The van der Waals surface area contributed by atoms with Crippen LogP contribution in [0.2, 0.25) is 0 Å². The molecule has 0 atom stereocenters. The summed E-state index contributed by atoms with van der Waals surface area (Å²) < 4.78 is 18.6. The summed E-state index contributed by atoms with van der Waals surface area (Å²) in [4.78, 5) is 26.4. The molecule has 174 valence electrons. The first-order valence-electron chi connectivity index (χ1n) is 10.4. The molecule has 0 fully saturated rings. The number of rotatable bonds is 9. The second-order valence-electron chi connectivity index (χ2n) is 7.46. The summed E-state index contributed by atoms with van der Waals surface area (Å²) in [6.07, 6.45) is 1.62. The van der Waals surface area contributed by atoms with Crippen molar-refractivity contribution in [3.63, 3.8) is 0 Å². The van der Waals surface area contributed by atoms with Crippen LogP contribution in [0.3, 0.4) is 0 Å². The number of amides is 2. The van der Waals surface area contributed by atoms with Gasteiger partial charge in [-0.1, -0.05) is 23.5 Å². The number of halogens is 1. The Morgan fingerprint density at radius 2 is 1.74 bits per heavy atom. The Hall–Kier alpha value is -3.89. The van der Waals surface area contributed by atoms with Gasteiger partial charge in [0.15, 0.2) is 0 Å². The number of carbonyl (C=O) groups is 2. The van der Waals surface area contributed by atoms with Crippen molar-refractivity contribution in [2.45, 2.75) is 19.6 Å². The lowest BCUT2D eigenvalue weighted by molar-refractivity contribution is 0.0962. The summed E-state index contributed by atoms with van der Waals surface area (Å²) in [6.45, 7) is 1.55. The smallest absolute Gasteiger partial charge is 0.286 e. The normalized spacial score (nSPS) is 10.9. The van der Waals surface area contributed by atoms with Gasteiger partial charge < -0.3 is 15.1 Å². The maximum Gasteiger partial charge on any atom is 0.286 e. The molecule has 0 saturated heterocycles. The molecule has 2 heterocycles. The number of anilines is 1. The zero-order valence-electron chi connectivity index (χ0n) is 18.3. The maximum atomic E-state index is 13.1. The molecule has 0 saturated carbocycles. The fraction of sp³-hybridized carbons (Fsp3) is 0.167. The van der Waals surface area contributed by atoms with Gasteiger partial charge in [0.1, 0.15) is 16.6 Å². The molecule has 2 N–H and O–H groups in total. The van der Waals surface area contributed by atoms with Crippen LogP contribution in [0.5, 0.6) is 0 Å². The maximum absolute atomic E-state index is 13.1. The number of furan rings is 1. The van der Waals surface area contributed by atoms with E-state index < -0.39 is 5.91 Å². The largest absolute Gasteiger partial charge is 0.468 e. The third-order valence-corrected chi connectivity index (χ3v) is 5.84. The minimum absolute atomic E-state index is 0.140. The molecule has 0 aliphatic carbocycles. The fourth-order valence-electron chi connectivity index (χ4n) is 3.27. The third-order valence-electron chi connectivity index (χ3n) is 4.93. The molecule has 2 aromatic heterocycles. The molecule has 8 nitrogen and oxygen atoms in total. The van der Waals surface area contributed by atoms with Gasteiger partial charge in [0.25, 0.3) is 11.8 Å². The van der Waals surface area contributed by atoms with Gasteiger partial charge in [0, 0.05) is 24.8 Å². The van der Waals surface area contributed by atoms with Crippen LogP contribution in [-0.2, 0) is 19.6 Å². The summed E-state index contributed by atoms with van der Waals surface area (Å²) in [7, 11) is 1.59. The van der Waals surface area contributed by atoms with E-state index >= 15 is 0 Å². The molecule has 2 amide bonds. The van der Waals surface area contributed by atoms with Crippen LogP contribution in [0.15, 0.2) is 71.3 Å². The molecule has 4 rings (SSSR count). The topological polar surface area (TPSA) is 100 Å². The van der Waals surface area contributed by atoms with Crippen LogP contribution in [0.25, 0.3) is 0 Å². The summed E-state index contributed by atoms with van der Waals surface area (Å²) >= 11 is 1.19. The fourth-order valence-corrected chi connectivity index (χ4v) is 4.05. The Kier molecular flexibility index (Phi) is 7.41. The Bertz CT molecular complexity index is 1240. The van der Waals surface area contributed by atoms with Gasteiger partial charge in [-0.05, 0) is 54.1 Å². The molecular formula is C24H22FN5O3S. The zero-order chi connectivity index (χ0) is 23.9. The quantitative estimate of drug-likeness (QED) is 0.375. The van der Waals surface area contributed by atoms with Gasteiger partial charge in [0.05, 0.1) is 19.4 Å². The number of carbonyl (C=O) groups excluding carboxylic acids is 2. The lowest BCUT2D eigenvalue weighted by Crippen LogP contribution is -2.22. The molecule has 10 heteroatoms. The lowest BCUT2D eigenvalue weighted by Gasteiger charge is -2.20. The first-order valence-corrected chi connectivity index (χ1v) is 11.3. The minimum Gasteiger partial charge on any atom is -0.468 e. The van der Waals surface area contributed by atoms with Crippen molar-refractivity contribution in [2.75, 3.05) is 12.4 Å².